The molecule has 0 saturated heterocycles. The first kappa shape index (κ1) is 6.52. The van der Waals surface area contributed by atoms with Gasteiger partial charge in [-0.2, -0.15) is 0 Å². The highest BCUT2D eigenvalue weighted by molar-refractivity contribution is 5.70. The van der Waals surface area contributed by atoms with Gasteiger partial charge in [0.05, 0.1) is 5.92 Å². The molecule has 1 aliphatic carbocycles. The summed E-state index contributed by atoms with van der Waals surface area (Å²) in [5, 5.41) is 8.36. The monoisotopic (exact) mass is 132 g/mol. The lowest BCUT2D eigenvalue weighted by Gasteiger charge is -1.98. The molecule has 0 aromatic carbocycles. The molecule has 1 saturated carbocycles. The Balaban J connectivity index is 2.39. The molecule has 0 spiro atoms. The van der Waals surface area contributed by atoms with Crippen molar-refractivity contribution in [2.24, 2.45) is 5.92 Å². The Bertz CT molecular complexity index is 124. The Morgan fingerprint density at radius 2 is 2.22 bits per heavy atom. The van der Waals surface area contributed by atoms with Gasteiger partial charge in [0.2, 0.25) is 0 Å². The Kier molecular flexibility index (Phi) is 1.69. The van der Waals surface area contributed by atoms with E-state index < -0.39 is 18.1 Å². The first-order chi connectivity index (χ1) is 4.20. The molecule has 52 valence electrons. The van der Waals surface area contributed by atoms with Gasteiger partial charge in [-0.15, -0.1) is 0 Å². The van der Waals surface area contributed by atoms with E-state index in [0.717, 1.165) is 0 Å². The van der Waals surface area contributed by atoms with Gasteiger partial charge in [0.25, 0.3) is 0 Å². The van der Waals surface area contributed by atoms with Crippen LogP contribution in [0.3, 0.4) is 0 Å². The van der Waals surface area contributed by atoms with Crippen molar-refractivity contribution in [2.45, 2.75) is 25.4 Å². The van der Waals surface area contributed by atoms with Crippen LogP contribution >= 0.6 is 0 Å². The van der Waals surface area contributed by atoms with Gasteiger partial charge >= 0.3 is 5.97 Å². The zero-order chi connectivity index (χ0) is 6.85. The third-order valence-corrected chi connectivity index (χ3v) is 1.72. The molecule has 3 heteroatoms. The predicted octanol–water partition coefficient (Wildman–Crippen LogP) is 1.21. The number of carboxylic acids is 1. The van der Waals surface area contributed by atoms with Gasteiger partial charge in [0.15, 0.2) is 0 Å². The molecular weight excluding hydrogens is 123 g/mol. The summed E-state index contributed by atoms with van der Waals surface area (Å²) in [6.07, 6.45) is 0.286. The third-order valence-electron chi connectivity index (χ3n) is 1.72. The largest absolute Gasteiger partial charge is 0.481 e. The maximum atomic E-state index is 12.3. The van der Waals surface area contributed by atoms with E-state index in [0.29, 0.717) is 12.8 Å². The molecular formula is C6H9FO2. The number of hydrogen-bond donors (Lipinski definition) is 1. The standard InChI is InChI=1S/C6H9FO2/c7-5-2-1-4(3-5)6(8)9/h4-5H,1-3H2,(H,8,9)/t4-,5?/m1/s1. The van der Waals surface area contributed by atoms with Crippen LogP contribution in [-0.2, 0) is 4.79 Å². The lowest BCUT2D eigenvalue weighted by molar-refractivity contribution is -0.141. The minimum Gasteiger partial charge on any atom is -0.481 e. The van der Waals surface area contributed by atoms with Crippen LogP contribution in [0, 0.1) is 5.92 Å². The Hall–Kier alpha value is -0.600. The molecule has 0 amide bonds. The van der Waals surface area contributed by atoms with Crippen molar-refractivity contribution in [1.82, 2.24) is 0 Å². The highest BCUT2D eigenvalue weighted by atomic mass is 19.1. The van der Waals surface area contributed by atoms with Crippen LogP contribution in [0.25, 0.3) is 0 Å². The van der Waals surface area contributed by atoms with Gasteiger partial charge < -0.3 is 5.11 Å². The van der Waals surface area contributed by atoms with Crippen LogP contribution in [0.1, 0.15) is 19.3 Å². The van der Waals surface area contributed by atoms with Crippen LogP contribution in [0.5, 0.6) is 0 Å². The lowest BCUT2D eigenvalue weighted by atomic mass is 10.1. The smallest absolute Gasteiger partial charge is 0.306 e. The van der Waals surface area contributed by atoms with E-state index in [-0.39, 0.29) is 6.42 Å². The molecule has 2 nitrogen and oxygen atoms in total. The summed E-state index contributed by atoms with van der Waals surface area (Å²) in [4.78, 5) is 10.2. The summed E-state index contributed by atoms with van der Waals surface area (Å²) >= 11 is 0. The number of aliphatic carboxylic acids is 1. The van der Waals surface area contributed by atoms with E-state index in [1.165, 1.54) is 0 Å². The van der Waals surface area contributed by atoms with Crippen LogP contribution in [0.15, 0.2) is 0 Å². The summed E-state index contributed by atoms with van der Waals surface area (Å²) in [5.74, 6) is -1.27. The number of carbonyl (C=O) groups is 1. The van der Waals surface area contributed by atoms with Gasteiger partial charge in [-0.1, -0.05) is 0 Å². The molecule has 0 heterocycles. The quantitative estimate of drug-likeness (QED) is 0.582. The fourth-order valence-corrected chi connectivity index (χ4v) is 1.15. The number of hydrogen-bond acceptors (Lipinski definition) is 1. The molecule has 0 bridgehead atoms. The second-order valence-corrected chi connectivity index (χ2v) is 2.45. The summed E-state index contributed by atoms with van der Waals surface area (Å²) in [7, 11) is 0. The zero-order valence-electron chi connectivity index (χ0n) is 5.01. The Morgan fingerprint density at radius 1 is 1.56 bits per heavy atom. The minimum absolute atomic E-state index is 0.218. The summed E-state index contributed by atoms with van der Waals surface area (Å²) in [6, 6.07) is 0. The molecule has 0 aromatic heterocycles. The Morgan fingerprint density at radius 3 is 2.44 bits per heavy atom. The molecule has 1 aliphatic rings. The van der Waals surface area contributed by atoms with Gasteiger partial charge in [-0.05, 0) is 19.3 Å². The average Bonchev–Trinajstić information content (AvgIpc) is 2.14. The molecule has 0 aromatic rings. The van der Waals surface area contributed by atoms with Crippen LogP contribution < -0.4 is 0 Å². The number of halogens is 1. The first-order valence-corrected chi connectivity index (χ1v) is 3.07. The molecule has 1 fully saturated rings. The second-order valence-electron chi connectivity index (χ2n) is 2.45. The average molecular weight is 132 g/mol. The second kappa shape index (κ2) is 2.33. The summed E-state index contributed by atoms with van der Waals surface area (Å²) < 4.78 is 12.3. The molecule has 0 radical (unpaired) electrons. The van der Waals surface area contributed by atoms with Crippen LogP contribution in [0.4, 0.5) is 4.39 Å². The van der Waals surface area contributed by atoms with Crippen molar-refractivity contribution >= 4 is 5.97 Å². The highest BCUT2D eigenvalue weighted by Gasteiger charge is 2.29. The predicted molar refractivity (Wildman–Crippen MR) is 29.9 cm³/mol. The fraction of sp³-hybridized carbons (Fsp3) is 0.833. The molecule has 1 unspecified atom stereocenters. The Labute approximate surface area is 52.7 Å². The lowest BCUT2D eigenvalue weighted by Crippen LogP contribution is -2.09. The van der Waals surface area contributed by atoms with Crippen molar-refractivity contribution in [2.75, 3.05) is 0 Å². The van der Waals surface area contributed by atoms with Gasteiger partial charge in [0, 0.05) is 0 Å². The SMILES string of the molecule is O=C(O)[C@@H]1CCC(F)C1. The third kappa shape index (κ3) is 1.40. The van der Waals surface area contributed by atoms with Crippen molar-refractivity contribution in [3.63, 3.8) is 0 Å². The van der Waals surface area contributed by atoms with Crippen LogP contribution in [-0.4, -0.2) is 17.2 Å². The minimum atomic E-state index is -0.869. The van der Waals surface area contributed by atoms with E-state index >= 15 is 0 Å². The van der Waals surface area contributed by atoms with E-state index in [1.807, 2.05) is 0 Å². The molecule has 9 heavy (non-hydrogen) atoms. The van der Waals surface area contributed by atoms with Crippen molar-refractivity contribution in [3.8, 4) is 0 Å². The zero-order valence-corrected chi connectivity index (χ0v) is 5.01. The first-order valence-electron chi connectivity index (χ1n) is 3.07. The van der Waals surface area contributed by atoms with Crippen molar-refractivity contribution in [1.29, 1.82) is 0 Å². The van der Waals surface area contributed by atoms with E-state index in [1.54, 1.807) is 0 Å². The van der Waals surface area contributed by atoms with E-state index in [4.69, 9.17) is 5.11 Å². The molecule has 0 aliphatic heterocycles. The number of rotatable bonds is 1. The van der Waals surface area contributed by atoms with Crippen molar-refractivity contribution in [3.05, 3.63) is 0 Å². The fourth-order valence-electron chi connectivity index (χ4n) is 1.15. The van der Waals surface area contributed by atoms with Crippen LogP contribution in [0.2, 0.25) is 0 Å². The van der Waals surface area contributed by atoms with E-state index in [2.05, 4.69) is 0 Å². The van der Waals surface area contributed by atoms with Gasteiger partial charge in [-0.25, -0.2) is 4.39 Å². The summed E-state index contributed by atoms with van der Waals surface area (Å²) in [6.45, 7) is 0. The van der Waals surface area contributed by atoms with Gasteiger partial charge in [-0.3, -0.25) is 4.79 Å². The number of carboxylic acid groups (broad SMARTS) is 1. The summed E-state index contributed by atoms with van der Waals surface area (Å²) in [5.41, 5.74) is 0. The highest BCUT2D eigenvalue weighted by Crippen LogP contribution is 2.27. The normalized spacial score (nSPS) is 34.8. The van der Waals surface area contributed by atoms with E-state index in [9.17, 15) is 9.18 Å². The molecule has 1 N–H and O–H groups in total. The molecule has 1 rings (SSSR count). The topological polar surface area (TPSA) is 37.3 Å². The van der Waals surface area contributed by atoms with Crippen molar-refractivity contribution < 1.29 is 14.3 Å². The number of alkyl halides is 1. The maximum absolute atomic E-state index is 12.3. The maximum Gasteiger partial charge on any atom is 0.306 e. The van der Waals surface area contributed by atoms with Gasteiger partial charge in [0.1, 0.15) is 6.17 Å². The molecule has 2 atom stereocenters.